The normalized spacial score (nSPS) is 16.1. The Bertz CT molecular complexity index is 5560. The van der Waals surface area contributed by atoms with E-state index in [-0.39, 0.29) is 80.2 Å². The van der Waals surface area contributed by atoms with E-state index in [4.69, 9.17) is 122 Å². The van der Waals surface area contributed by atoms with Crippen molar-refractivity contribution in [1.29, 1.82) is 0 Å². The average molecular weight is 2200 g/mol. The Hall–Kier alpha value is -8.95. The van der Waals surface area contributed by atoms with Crippen LogP contribution in [0.1, 0.15) is 135 Å². The number of aryl methyl sites for hydroxylation is 1. The fraction of sp³-hybridized carbons (Fsp3) is 0.424. The molecule has 0 radical (unpaired) electrons. The highest BCUT2D eigenvalue weighted by Crippen LogP contribution is 2.44. The number of anilines is 2. The second kappa shape index (κ2) is 62.9. The number of thiol groups is 2. The van der Waals surface area contributed by atoms with Crippen LogP contribution in [-0.4, -0.2) is 295 Å². The highest BCUT2D eigenvalue weighted by molar-refractivity contribution is 7.81. The number of amides is 1. The van der Waals surface area contributed by atoms with Crippen molar-refractivity contribution < 1.29 is 96.7 Å². The predicted molar refractivity (Wildman–Crippen MR) is 557 cm³/mol. The molecule has 4 aliphatic heterocycles. The number of nitrogens with one attached hydrogen (secondary N) is 1. The van der Waals surface area contributed by atoms with Crippen LogP contribution in [0.3, 0.4) is 0 Å². The minimum Gasteiger partial charge on any atom is -0.478 e. The number of methoxy groups -OCH3 is 3. The number of hydrogen-bond acceptors (Lipinski definition) is 29. The van der Waals surface area contributed by atoms with Gasteiger partial charge in [-0.2, -0.15) is 26.3 Å². The maximum atomic E-state index is 11.2. The second-order valence-electron chi connectivity index (χ2n) is 32.5. The Labute approximate surface area is 878 Å². The number of nitrogens with two attached hydrogens (primary N) is 1. The van der Waals surface area contributed by atoms with Gasteiger partial charge in [-0.1, -0.05) is 144 Å². The minimum atomic E-state index is -4.31. The predicted octanol–water partition coefficient (Wildman–Crippen LogP) is 14.2. The lowest BCUT2D eigenvalue weighted by Gasteiger charge is -2.35. The highest BCUT2D eigenvalue weighted by atomic mass is 35.5. The molecule has 34 nitrogen and oxygen atoms in total. The first-order valence-electron chi connectivity index (χ1n) is 43.1. The van der Waals surface area contributed by atoms with Crippen LogP contribution in [0.5, 0.6) is 5.88 Å². The number of allylic oxidation sites excluding steroid dienone is 5. The number of alkyl halides is 6. The molecule has 4 saturated heterocycles. The zero-order chi connectivity index (χ0) is 102. The van der Waals surface area contributed by atoms with Crippen molar-refractivity contribution in [3.05, 3.63) is 243 Å². The summed E-state index contributed by atoms with van der Waals surface area (Å²) in [4.78, 5) is 87.8. The summed E-state index contributed by atoms with van der Waals surface area (Å²) in [6.45, 7) is 23.9. The number of likely N-dealkylation sites (tertiary alicyclic amines) is 1. The van der Waals surface area contributed by atoms with E-state index in [0.29, 0.717) is 48.4 Å². The molecule has 9 aliphatic rings. The van der Waals surface area contributed by atoms with Crippen LogP contribution in [0.2, 0.25) is 41.5 Å². The largest absolute Gasteiger partial charge is 0.495 e. The number of likely N-dealkylation sites (N-methyl/N-ethyl adjacent to an activating group) is 2. The van der Waals surface area contributed by atoms with Gasteiger partial charge in [0.25, 0.3) is 5.88 Å². The van der Waals surface area contributed by atoms with Crippen molar-refractivity contribution >= 4 is 183 Å². The van der Waals surface area contributed by atoms with Gasteiger partial charge in [-0.25, -0.2) is 59.6 Å². The maximum absolute atomic E-state index is 11.2. The summed E-state index contributed by atoms with van der Waals surface area (Å²) in [6.07, 6.45) is 37.4. The third kappa shape index (κ3) is 42.8. The average Bonchev–Trinajstić information content (AvgIpc) is 1.60. The van der Waals surface area contributed by atoms with Crippen LogP contribution in [0.15, 0.2) is 135 Å². The molecule has 0 bridgehead atoms. The number of rotatable bonds is 11. The van der Waals surface area contributed by atoms with Crippen LogP contribution < -0.4 is 15.8 Å². The molecule has 1 amide bonds. The van der Waals surface area contributed by atoms with Gasteiger partial charge < -0.3 is 81.8 Å². The fourth-order valence-electron chi connectivity index (χ4n) is 14.0. The number of fused-ring (bicyclic) bond motifs is 5. The zero-order valence-corrected chi connectivity index (χ0v) is 88.8. The van der Waals surface area contributed by atoms with Gasteiger partial charge in [0.05, 0.1) is 56.2 Å². The Morgan fingerprint density at radius 1 is 0.483 bits per heavy atom. The number of nitrogens with zero attached hydrogens (tertiary/aromatic N) is 18. The molecule has 3 atom stereocenters. The Morgan fingerprint density at radius 3 is 1.22 bits per heavy atom. The third-order valence-corrected chi connectivity index (χ3v) is 24.4. The number of halogens is 14. The molecule has 0 spiro atoms. The first-order valence-corrected chi connectivity index (χ1v) is 47.1. The Kier molecular flexibility index (Phi) is 57.2. The van der Waals surface area contributed by atoms with Crippen molar-refractivity contribution in [3.63, 3.8) is 0 Å². The molecule has 0 unspecified atom stereocenters. The van der Waals surface area contributed by atoms with E-state index in [1.807, 2.05) is 69.6 Å². The van der Waals surface area contributed by atoms with Crippen LogP contribution in [0, 0.1) is 0 Å². The molecule has 9 aromatic heterocycles. The van der Waals surface area contributed by atoms with Gasteiger partial charge in [-0.3, -0.25) is 24.1 Å². The molecular formula is C92H121BCl8F6N20O14S2. The zero-order valence-electron chi connectivity index (χ0n) is 80.9. The standard InChI is InChI=1S/C17H15ClN6O.C14H17BClNO2.C12H7Cl2N3.C9H18N2O2.2C8H6ClN.C8H17N3O.C6H13N.C4H2Cl2N2.C4H8O3.2CHF3S.5H2O/c1-24-9-14(16(23-24)25-2)22-17-20-8-6-13(21-17)11-3-4-12-10(11)5-7-19-15(12)18;1-13(2)14(3,4)19-15(18-13)11-6-5-10-9(11)7-8-17-12(10)16;13-11-9-2-1-8(7(9)3-5-15-11)10-4-6-16-12(14)17-10;1-8(9(12)13-3)11-6-4-10(2)5-7-11;2*9-8-7-3-1-2-6(7)4-5-10-8;1-7(8(9)12)11-5-3-10(2)4-6-11;1-7-5-3-2-4-6-7;5-3-1-2-7-4(6)8-3;1-3(5)4(6)7-2;2*2-1(3,4)5;;;;;/h3,5-9H,4H2,1-2H3,(H,20,21,22);6-8H,5H2,1-4H3;1,3-6H,2H2;8H,4-7H2,1-3H3;2*1-2,4-5H,3H2;7H,3-6H2,1-2H3,(H2,9,12);2-6H2,1H3;1-2H;3,5H,1-2H3;2*5H;5*1H2/t;;;8-;;;7-;;;3-;;;;;;;/m...1..1..0......./s1. The lowest BCUT2D eigenvalue weighted by Crippen LogP contribution is -2.52. The van der Waals surface area contributed by atoms with E-state index in [0.717, 1.165) is 157 Å². The lowest BCUT2D eigenvalue weighted by molar-refractivity contribution is -0.149. The Balaban J connectivity index is 0.000000541. The van der Waals surface area contributed by atoms with Crippen LogP contribution in [0.25, 0.3) is 28.8 Å². The van der Waals surface area contributed by atoms with Gasteiger partial charge >= 0.3 is 30.1 Å². The first-order chi connectivity index (χ1) is 65.1. The number of aliphatic hydroxyl groups excluding tert-OH is 1. The molecule has 9 aromatic rings. The molecule has 0 aromatic carbocycles. The van der Waals surface area contributed by atoms with E-state index in [1.54, 1.807) is 61.2 Å². The topological polar surface area (TPSA) is 489 Å². The summed E-state index contributed by atoms with van der Waals surface area (Å²) in [6, 6.07) is 14.9. The molecule has 786 valence electrons. The SMILES string of the molecule is CC1(C)OB(C2=CCc3c2ccnc3Cl)OC1(C)C.CN1CCCCC1.COC(=O)[C@@H](C)N1CCN(C)CC1.COC(=O)[C@H](C)O.COc1nn(C)cc1Nc1nccc(C2=CCc3c2ccnc3Cl)n1.C[C@H](C(N)=O)N1CCN(C)CC1.Clc1ccnc(Cl)n1.Clc1nccc(C2=CCc3c2ccnc3Cl)n1.Clc1nccc2c1CC=C2.Clc1nccc2c1CC=C2.FC(F)(F)S.FC(F)(F)S.O.O.O.O.O. The van der Waals surface area contributed by atoms with E-state index >= 15 is 0 Å². The van der Waals surface area contributed by atoms with Gasteiger partial charge in [-0.15, -0.1) is 5.10 Å². The molecule has 51 heteroatoms. The van der Waals surface area contributed by atoms with Crippen LogP contribution in [0.4, 0.5) is 38.0 Å². The highest BCUT2D eigenvalue weighted by Gasteiger charge is 2.53. The minimum absolute atomic E-state index is 0. The van der Waals surface area contributed by atoms with E-state index in [1.165, 1.54) is 70.8 Å². The van der Waals surface area contributed by atoms with Crippen LogP contribution in [-0.2, 0) is 72.3 Å². The molecule has 13 heterocycles. The van der Waals surface area contributed by atoms with Gasteiger partial charge in [0.15, 0.2) is 0 Å². The summed E-state index contributed by atoms with van der Waals surface area (Å²) in [5.41, 5.74) is 12.5. The first kappa shape index (κ1) is 130. The number of carbonyl (C=O) groups excluding carboxylic acids is 3. The summed E-state index contributed by atoms with van der Waals surface area (Å²) in [5, 5.41) is 19.4. The van der Waals surface area contributed by atoms with Crippen molar-refractivity contribution in [2.75, 3.05) is 113 Å². The fourth-order valence-corrected chi connectivity index (χ4v) is 15.7. The summed E-state index contributed by atoms with van der Waals surface area (Å²) in [7, 11) is 12.1. The van der Waals surface area contributed by atoms with Crippen molar-refractivity contribution in [2.24, 2.45) is 12.8 Å². The van der Waals surface area contributed by atoms with Gasteiger partial charge in [-0.05, 0) is 233 Å². The number of hydrogen-bond donors (Lipinski definition) is 5. The lowest BCUT2D eigenvalue weighted by atomic mass is 9.75. The monoisotopic (exact) mass is 2200 g/mol. The Morgan fingerprint density at radius 2 is 0.853 bits per heavy atom. The molecule has 4 fully saturated rings. The third-order valence-electron chi connectivity index (χ3n) is 22.2. The number of aromatic nitrogens is 13. The molecular weight excluding hydrogens is 2080 g/mol. The number of pyridine rings is 5. The van der Waals surface area contributed by atoms with E-state index in [9.17, 15) is 40.7 Å². The van der Waals surface area contributed by atoms with Gasteiger partial charge in [0.1, 0.15) is 48.8 Å². The molecule has 18 rings (SSSR count). The van der Waals surface area contributed by atoms with Crippen molar-refractivity contribution in [1.82, 2.24) is 89.1 Å². The molecule has 0 saturated carbocycles. The smallest absolute Gasteiger partial charge is 0.478 e. The molecule has 5 aliphatic carbocycles. The van der Waals surface area contributed by atoms with Gasteiger partial charge in [0, 0.05) is 148 Å². The molecule has 143 heavy (non-hydrogen) atoms. The summed E-state index contributed by atoms with van der Waals surface area (Å²) >= 11 is 50.8. The van der Waals surface area contributed by atoms with Crippen molar-refractivity contribution in [2.45, 2.75) is 140 Å². The van der Waals surface area contributed by atoms with E-state index < -0.39 is 23.1 Å². The van der Waals surface area contributed by atoms with E-state index in [2.05, 4.69) is 211 Å². The number of piperidine rings is 1. The number of carbonyl (C=O) groups is 3. The number of primary amides is 1. The second-order valence-corrected chi connectivity index (χ2v) is 36.3. The summed E-state index contributed by atoms with van der Waals surface area (Å²) < 4.78 is 89.2. The number of esters is 2. The summed E-state index contributed by atoms with van der Waals surface area (Å²) in [5.74, 6) is 0.00203. The van der Waals surface area contributed by atoms with Crippen LogP contribution >= 0.6 is 118 Å². The van der Waals surface area contributed by atoms with Crippen molar-refractivity contribution in [3.8, 4) is 5.88 Å². The maximum Gasteiger partial charge on any atom is 0.495 e. The number of aliphatic hydroxyl groups is 1. The quantitative estimate of drug-likeness (QED) is 0.0153. The number of ether oxygens (including phenoxy) is 3. The number of piperazine rings is 2. The van der Waals surface area contributed by atoms with Gasteiger partial charge in [0.2, 0.25) is 22.4 Å². The molecule has 14 N–H and O–H groups in total.